The summed E-state index contributed by atoms with van der Waals surface area (Å²) in [5.74, 6) is 0.418. The number of nitrogens with one attached hydrogen (secondary N) is 2. The molecule has 0 fully saturated rings. The van der Waals surface area contributed by atoms with Crippen LogP contribution < -0.4 is 10.6 Å². The number of aryl methyl sites for hydroxylation is 2. The van der Waals surface area contributed by atoms with E-state index in [1.165, 1.54) is 16.7 Å². The summed E-state index contributed by atoms with van der Waals surface area (Å²) in [5.41, 5.74) is 4.58. The van der Waals surface area contributed by atoms with Crippen LogP contribution in [0.4, 0.5) is 5.69 Å². The average molecular weight is 338 g/mol. The first-order chi connectivity index (χ1) is 12.1. The molecule has 1 amide bonds. The maximum absolute atomic E-state index is 12.5. The second kappa shape index (κ2) is 9.38. The van der Waals surface area contributed by atoms with Gasteiger partial charge in [-0.25, -0.2) is 0 Å². The second-order valence-corrected chi connectivity index (χ2v) is 6.72. The van der Waals surface area contributed by atoms with E-state index < -0.39 is 0 Å². The van der Waals surface area contributed by atoms with E-state index in [2.05, 4.69) is 68.7 Å². The fourth-order valence-electron chi connectivity index (χ4n) is 3.19. The molecule has 3 nitrogen and oxygen atoms in total. The molecular formula is C22H30N2O. The molecule has 0 unspecified atom stereocenters. The Morgan fingerprint density at radius 2 is 1.52 bits per heavy atom. The van der Waals surface area contributed by atoms with Gasteiger partial charge in [-0.2, -0.15) is 0 Å². The number of benzene rings is 2. The number of hydrogen-bond donors (Lipinski definition) is 2. The largest absolute Gasteiger partial charge is 0.324 e. The standard InChI is InChI=1S/C22H30N2O/c1-5-17-13-10-14-18(6-2)22(17)24-20(25)15-23-21(16(3)4)19-11-8-7-9-12-19/h7-14,16,21,23H,5-6,15H2,1-4H3,(H,24,25)/t21-/m0/s1. The number of para-hydroxylation sites is 1. The first-order valence-electron chi connectivity index (χ1n) is 9.25. The molecule has 0 radical (unpaired) electrons. The summed E-state index contributed by atoms with van der Waals surface area (Å²) in [6, 6.07) is 16.7. The van der Waals surface area contributed by atoms with Gasteiger partial charge in [0.05, 0.1) is 6.54 Å². The number of amides is 1. The fourth-order valence-corrected chi connectivity index (χ4v) is 3.19. The molecule has 0 spiro atoms. The normalized spacial score (nSPS) is 12.2. The third-order valence-electron chi connectivity index (χ3n) is 4.57. The van der Waals surface area contributed by atoms with Crippen molar-refractivity contribution < 1.29 is 4.79 Å². The highest BCUT2D eigenvalue weighted by molar-refractivity contribution is 5.93. The molecule has 2 N–H and O–H groups in total. The van der Waals surface area contributed by atoms with Crippen LogP contribution in [0.25, 0.3) is 0 Å². The lowest BCUT2D eigenvalue weighted by atomic mass is 9.96. The molecule has 0 saturated carbocycles. The highest BCUT2D eigenvalue weighted by Gasteiger charge is 2.17. The highest BCUT2D eigenvalue weighted by atomic mass is 16.1. The number of hydrogen-bond acceptors (Lipinski definition) is 2. The number of anilines is 1. The van der Waals surface area contributed by atoms with Crippen molar-refractivity contribution in [2.45, 2.75) is 46.6 Å². The van der Waals surface area contributed by atoms with E-state index in [1.807, 2.05) is 18.2 Å². The lowest BCUT2D eigenvalue weighted by Crippen LogP contribution is -2.34. The van der Waals surface area contributed by atoms with Crippen LogP contribution in [0.5, 0.6) is 0 Å². The SMILES string of the molecule is CCc1cccc(CC)c1NC(=O)CN[C@H](c1ccccc1)C(C)C. The zero-order chi connectivity index (χ0) is 18.2. The van der Waals surface area contributed by atoms with Crippen molar-refractivity contribution in [3.05, 3.63) is 65.2 Å². The molecule has 2 aromatic carbocycles. The summed E-state index contributed by atoms with van der Waals surface area (Å²) in [7, 11) is 0. The van der Waals surface area contributed by atoms with Crippen LogP contribution in [0, 0.1) is 5.92 Å². The van der Waals surface area contributed by atoms with Crippen LogP contribution in [0.15, 0.2) is 48.5 Å². The maximum Gasteiger partial charge on any atom is 0.238 e. The van der Waals surface area contributed by atoms with Crippen molar-refractivity contribution in [1.29, 1.82) is 0 Å². The van der Waals surface area contributed by atoms with E-state index in [1.54, 1.807) is 0 Å². The average Bonchev–Trinajstić information content (AvgIpc) is 2.62. The zero-order valence-electron chi connectivity index (χ0n) is 15.8. The van der Waals surface area contributed by atoms with Crippen LogP contribution in [0.2, 0.25) is 0 Å². The van der Waals surface area contributed by atoms with Crippen molar-refractivity contribution in [1.82, 2.24) is 5.32 Å². The Bertz CT molecular complexity index is 657. The Morgan fingerprint density at radius 3 is 2.04 bits per heavy atom. The molecule has 2 rings (SSSR count). The van der Waals surface area contributed by atoms with Gasteiger partial charge < -0.3 is 10.6 Å². The number of carbonyl (C=O) groups is 1. The van der Waals surface area contributed by atoms with E-state index in [9.17, 15) is 4.79 Å². The van der Waals surface area contributed by atoms with Gasteiger partial charge in [0.2, 0.25) is 5.91 Å². The Kier molecular flexibility index (Phi) is 7.20. The Balaban J connectivity index is 2.05. The van der Waals surface area contributed by atoms with Gasteiger partial charge in [0.25, 0.3) is 0 Å². The van der Waals surface area contributed by atoms with Gasteiger partial charge in [-0.05, 0) is 35.4 Å². The third-order valence-corrected chi connectivity index (χ3v) is 4.57. The van der Waals surface area contributed by atoms with Crippen LogP contribution in [-0.4, -0.2) is 12.5 Å². The lowest BCUT2D eigenvalue weighted by Gasteiger charge is -2.23. The van der Waals surface area contributed by atoms with Gasteiger partial charge in [-0.15, -0.1) is 0 Å². The summed E-state index contributed by atoms with van der Waals surface area (Å²) in [6.07, 6.45) is 1.82. The van der Waals surface area contributed by atoms with Gasteiger partial charge >= 0.3 is 0 Å². The molecule has 0 aliphatic heterocycles. The van der Waals surface area contributed by atoms with E-state index in [0.717, 1.165) is 18.5 Å². The molecule has 0 heterocycles. The predicted molar refractivity (Wildman–Crippen MR) is 106 cm³/mol. The summed E-state index contributed by atoms with van der Waals surface area (Å²) >= 11 is 0. The Hall–Kier alpha value is -2.13. The minimum atomic E-state index is 0.0113. The molecule has 0 saturated heterocycles. The van der Waals surface area contributed by atoms with E-state index >= 15 is 0 Å². The summed E-state index contributed by atoms with van der Waals surface area (Å²) in [5, 5.41) is 6.54. The van der Waals surface area contributed by atoms with Crippen molar-refractivity contribution in [3.63, 3.8) is 0 Å². The first kappa shape index (κ1) is 19.2. The maximum atomic E-state index is 12.5. The summed E-state index contributed by atoms with van der Waals surface area (Å²) in [6.45, 7) is 8.88. The molecule has 0 aliphatic rings. The van der Waals surface area contributed by atoms with Gasteiger partial charge in [0.15, 0.2) is 0 Å². The fraction of sp³-hybridized carbons (Fsp3) is 0.409. The molecular weight excluding hydrogens is 308 g/mol. The Morgan fingerprint density at radius 1 is 0.920 bits per heavy atom. The topological polar surface area (TPSA) is 41.1 Å². The molecule has 1 atom stereocenters. The highest BCUT2D eigenvalue weighted by Crippen LogP contribution is 2.23. The Labute approximate surface area is 151 Å². The molecule has 3 heteroatoms. The van der Waals surface area contributed by atoms with E-state index in [4.69, 9.17) is 0 Å². The smallest absolute Gasteiger partial charge is 0.238 e. The van der Waals surface area contributed by atoms with Crippen LogP contribution in [-0.2, 0) is 17.6 Å². The monoisotopic (exact) mass is 338 g/mol. The van der Waals surface area contributed by atoms with Crippen molar-refractivity contribution in [3.8, 4) is 0 Å². The zero-order valence-corrected chi connectivity index (χ0v) is 15.8. The quantitative estimate of drug-likeness (QED) is 0.730. The summed E-state index contributed by atoms with van der Waals surface area (Å²) < 4.78 is 0. The van der Waals surface area contributed by atoms with Crippen LogP contribution in [0.1, 0.15) is 50.4 Å². The summed E-state index contributed by atoms with van der Waals surface area (Å²) in [4.78, 5) is 12.5. The number of rotatable bonds is 8. The third kappa shape index (κ3) is 5.17. The molecule has 0 aromatic heterocycles. The van der Waals surface area contributed by atoms with E-state index in [-0.39, 0.29) is 11.9 Å². The van der Waals surface area contributed by atoms with Crippen molar-refractivity contribution >= 4 is 11.6 Å². The van der Waals surface area contributed by atoms with Gasteiger partial charge in [-0.1, -0.05) is 76.2 Å². The van der Waals surface area contributed by atoms with Gasteiger partial charge in [-0.3, -0.25) is 4.79 Å². The predicted octanol–water partition coefficient (Wildman–Crippen LogP) is 4.74. The lowest BCUT2D eigenvalue weighted by molar-refractivity contribution is -0.115. The molecule has 2 aromatic rings. The molecule has 134 valence electrons. The minimum Gasteiger partial charge on any atom is -0.324 e. The van der Waals surface area contributed by atoms with Crippen molar-refractivity contribution in [2.75, 3.05) is 11.9 Å². The van der Waals surface area contributed by atoms with Crippen LogP contribution >= 0.6 is 0 Å². The van der Waals surface area contributed by atoms with E-state index in [0.29, 0.717) is 12.5 Å². The molecule has 0 aliphatic carbocycles. The minimum absolute atomic E-state index is 0.0113. The van der Waals surface area contributed by atoms with Crippen molar-refractivity contribution in [2.24, 2.45) is 5.92 Å². The number of carbonyl (C=O) groups excluding carboxylic acids is 1. The van der Waals surface area contributed by atoms with Crippen LogP contribution in [0.3, 0.4) is 0 Å². The van der Waals surface area contributed by atoms with Gasteiger partial charge in [0.1, 0.15) is 0 Å². The first-order valence-corrected chi connectivity index (χ1v) is 9.25. The second-order valence-electron chi connectivity index (χ2n) is 6.72. The molecule has 0 bridgehead atoms. The molecule has 25 heavy (non-hydrogen) atoms. The van der Waals surface area contributed by atoms with Gasteiger partial charge in [0, 0.05) is 11.7 Å².